The molecule has 0 saturated carbocycles. The van der Waals surface area contributed by atoms with Crippen LogP contribution in [0, 0.1) is 34.6 Å². The van der Waals surface area contributed by atoms with E-state index in [0.717, 1.165) is 0 Å². The van der Waals surface area contributed by atoms with Gasteiger partial charge in [-0.2, -0.15) is 41.0 Å². The second-order valence-electron chi connectivity index (χ2n) is 7.14. The number of hydrogen-bond acceptors (Lipinski definition) is 0. The average molecular weight is 546 g/mol. The maximum atomic E-state index is 2.25. The van der Waals surface area contributed by atoms with Gasteiger partial charge in [0.1, 0.15) is 9.52 Å². The molecule has 0 saturated heterocycles. The summed E-state index contributed by atoms with van der Waals surface area (Å²) in [5, 5.41) is 3.01. The molecule has 31 heavy (non-hydrogen) atoms. The van der Waals surface area contributed by atoms with Crippen LogP contribution in [0.25, 0.3) is 0 Å². The number of hydrogen-bond donors (Lipinski definition) is 0. The first-order valence-electron chi connectivity index (χ1n) is 9.81. The molecule has 161 valence electrons. The SMILES string of the molecule is Cc1cc[c-](C)c1C.Cc1ccccc1[SiH]c1ccccc1C.[Cl-].[Cl-].[Zr+4].c1cc[cH-]c1. The predicted molar refractivity (Wildman–Crippen MR) is 127 cm³/mol. The summed E-state index contributed by atoms with van der Waals surface area (Å²) in [7, 11) is 0.241. The first kappa shape index (κ1) is 32.0. The Morgan fingerprint density at radius 2 is 1.10 bits per heavy atom. The second-order valence-corrected chi connectivity index (χ2v) is 8.68. The standard InChI is InChI=1S/C14H15Si.C8H11.C5H5.2ClH.Zr/c1-11-7-3-5-9-13(11)15-14-10-6-4-8-12(14)2;1-6-4-5-7(2)8(6)3;1-2-4-5-3-1;;;/h3-10,15H,1-2H3;4-5H,1-3H3;1-5H;2*1H;/q;2*-1;;;+4/p-2. The minimum Gasteiger partial charge on any atom is -1.00 e. The molecule has 0 nitrogen and oxygen atoms in total. The average Bonchev–Trinajstić information content (AvgIpc) is 3.37. The molecule has 0 N–H and O–H groups in total. The fourth-order valence-electron chi connectivity index (χ4n) is 2.80. The Morgan fingerprint density at radius 1 is 0.645 bits per heavy atom. The summed E-state index contributed by atoms with van der Waals surface area (Å²) in [5.74, 6) is 0. The fraction of sp³-hybridized carbons (Fsp3) is 0.185. The van der Waals surface area contributed by atoms with E-state index < -0.39 is 0 Å². The molecule has 0 aliphatic rings. The number of rotatable bonds is 2. The fourth-order valence-corrected chi connectivity index (χ4v) is 4.19. The summed E-state index contributed by atoms with van der Waals surface area (Å²) in [6.45, 7) is 10.8. The third kappa shape index (κ3) is 11.3. The van der Waals surface area contributed by atoms with E-state index in [0.29, 0.717) is 0 Å². The molecule has 0 fully saturated rings. The van der Waals surface area contributed by atoms with Crippen molar-refractivity contribution in [3.8, 4) is 0 Å². The smallest absolute Gasteiger partial charge is 1.00 e. The van der Waals surface area contributed by atoms with Gasteiger partial charge in [-0.25, -0.2) is 18.2 Å². The van der Waals surface area contributed by atoms with Gasteiger partial charge in [0.2, 0.25) is 0 Å². The Hall–Kier alpha value is -1.18. The van der Waals surface area contributed by atoms with Gasteiger partial charge in [0.25, 0.3) is 0 Å². The van der Waals surface area contributed by atoms with Gasteiger partial charge in [0, 0.05) is 0 Å². The normalized spacial score (nSPS) is 8.81. The Bertz CT molecular complexity index is 879. The zero-order chi connectivity index (χ0) is 20.4. The maximum absolute atomic E-state index is 2.25. The van der Waals surface area contributed by atoms with Gasteiger partial charge in [-0.15, -0.1) is 0 Å². The van der Waals surface area contributed by atoms with Gasteiger partial charge < -0.3 is 24.8 Å². The van der Waals surface area contributed by atoms with Crippen molar-refractivity contribution < 1.29 is 51.0 Å². The molecule has 4 aromatic rings. The van der Waals surface area contributed by atoms with Crippen molar-refractivity contribution >= 4 is 19.9 Å². The summed E-state index contributed by atoms with van der Waals surface area (Å²) in [6.07, 6.45) is 0. The third-order valence-corrected chi connectivity index (χ3v) is 6.93. The molecule has 0 aliphatic heterocycles. The van der Waals surface area contributed by atoms with E-state index >= 15 is 0 Å². The second kappa shape index (κ2) is 17.4. The van der Waals surface area contributed by atoms with Crippen molar-refractivity contribution in [2.75, 3.05) is 0 Å². The molecule has 0 amide bonds. The molecule has 0 heterocycles. The summed E-state index contributed by atoms with van der Waals surface area (Å²) < 4.78 is 0. The zero-order valence-corrected chi connectivity index (χ0v) is 24.1. The minimum absolute atomic E-state index is 0. The van der Waals surface area contributed by atoms with Crippen molar-refractivity contribution in [2.24, 2.45) is 0 Å². The van der Waals surface area contributed by atoms with Crippen LogP contribution >= 0.6 is 0 Å². The maximum Gasteiger partial charge on any atom is 4.00 e. The molecule has 0 aromatic heterocycles. The Balaban J connectivity index is 0. The van der Waals surface area contributed by atoms with Crippen molar-refractivity contribution in [1.82, 2.24) is 0 Å². The quantitative estimate of drug-likeness (QED) is 0.234. The van der Waals surface area contributed by atoms with Gasteiger partial charge >= 0.3 is 26.2 Å². The summed E-state index contributed by atoms with van der Waals surface area (Å²) in [6, 6.07) is 31.7. The Labute approximate surface area is 223 Å². The first-order chi connectivity index (χ1) is 13.5. The van der Waals surface area contributed by atoms with E-state index in [-0.39, 0.29) is 60.5 Å². The summed E-state index contributed by atoms with van der Waals surface area (Å²) >= 11 is 0. The van der Waals surface area contributed by atoms with Crippen LogP contribution in [0.15, 0.2) is 91.0 Å². The van der Waals surface area contributed by atoms with Crippen LogP contribution < -0.4 is 35.2 Å². The van der Waals surface area contributed by atoms with Gasteiger partial charge in [-0.1, -0.05) is 90.8 Å². The molecular formula is C27H31Cl2SiZr. The number of benzene rings is 2. The van der Waals surface area contributed by atoms with E-state index in [9.17, 15) is 0 Å². The van der Waals surface area contributed by atoms with E-state index in [4.69, 9.17) is 0 Å². The van der Waals surface area contributed by atoms with E-state index in [1.807, 2.05) is 30.3 Å². The van der Waals surface area contributed by atoms with Gasteiger partial charge in [0.15, 0.2) is 0 Å². The third-order valence-electron chi connectivity index (χ3n) is 5.01. The van der Waals surface area contributed by atoms with Crippen LogP contribution in [0.4, 0.5) is 0 Å². The van der Waals surface area contributed by atoms with Crippen molar-refractivity contribution in [1.29, 1.82) is 0 Å². The molecule has 0 unspecified atom stereocenters. The molecule has 0 bridgehead atoms. The molecule has 0 atom stereocenters. The van der Waals surface area contributed by atoms with E-state index in [1.165, 1.54) is 38.2 Å². The van der Waals surface area contributed by atoms with Crippen LogP contribution in [0.3, 0.4) is 0 Å². The van der Waals surface area contributed by atoms with Crippen LogP contribution in [0.1, 0.15) is 27.8 Å². The van der Waals surface area contributed by atoms with Gasteiger partial charge in [0.05, 0.1) is 0 Å². The summed E-state index contributed by atoms with van der Waals surface area (Å²) in [4.78, 5) is 0. The molecule has 0 aliphatic carbocycles. The van der Waals surface area contributed by atoms with Crippen LogP contribution in [0.5, 0.6) is 0 Å². The molecular weight excluding hydrogens is 515 g/mol. The largest absolute Gasteiger partial charge is 4.00 e. The van der Waals surface area contributed by atoms with E-state index in [2.05, 4.69) is 95.3 Å². The number of aryl methyl sites for hydroxylation is 4. The molecule has 4 heteroatoms. The number of halogens is 2. The summed E-state index contributed by atoms with van der Waals surface area (Å²) in [5.41, 5.74) is 7.07. The first-order valence-corrected chi connectivity index (χ1v) is 11.0. The molecule has 1 radical (unpaired) electrons. The molecule has 4 aromatic carbocycles. The Kier molecular flexibility index (Phi) is 17.9. The van der Waals surface area contributed by atoms with Crippen LogP contribution in [-0.4, -0.2) is 9.52 Å². The van der Waals surface area contributed by atoms with E-state index in [1.54, 1.807) is 0 Å². The van der Waals surface area contributed by atoms with Crippen molar-refractivity contribution in [2.45, 2.75) is 34.6 Å². The van der Waals surface area contributed by atoms with Crippen molar-refractivity contribution in [3.05, 3.63) is 119 Å². The van der Waals surface area contributed by atoms with Crippen molar-refractivity contribution in [3.63, 3.8) is 0 Å². The van der Waals surface area contributed by atoms with Gasteiger partial charge in [-0.3, -0.25) is 0 Å². The topological polar surface area (TPSA) is 0 Å². The predicted octanol–water partition coefficient (Wildman–Crippen LogP) is -0.567. The Morgan fingerprint density at radius 3 is 1.35 bits per heavy atom. The van der Waals surface area contributed by atoms with Gasteiger partial charge in [-0.05, 0) is 13.8 Å². The molecule has 0 spiro atoms. The zero-order valence-electron chi connectivity index (χ0n) is 19.0. The monoisotopic (exact) mass is 543 g/mol. The molecule has 4 rings (SSSR count). The van der Waals surface area contributed by atoms with Crippen LogP contribution in [0.2, 0.25) is 0 Å². The van der Waals surface area contributed by atoms with Crippen LogP contribution in [-0.2, 0) is 26.2 Å². The minimum atomic E-state index is 0.